The first-order valence-electron chi connectivity index (χ1n) is 9.91. The smallest absolute Gasteiger partial charge is 0.234 e. The van der Waals surface area contributed by atoms with Gasteiger partial charge in [0.25, 0.3) is 0 Å². The van der Waals surface area contributed by atoms with Crippen LogP contribution >= 0.6 is 0 Å². The van der Waals surface area contributed by atoms with Crippen LogP contribution < -0.4 is 19.5 Å². The zero-order chi connectivity index (χ0) is 20.8. The van der Waals surface area contributed by atoms with Crippen molar-refractivity contribution < 1.29 is 19.0 Å². The Labute approximate surface area is 172 Å². The van der Waals surface area contributed by atoms with Gasteiger partial charge < -0.3 is 19.5 Å². The lowest BCUT2D eigenvalue weighted by molar-refractivity contribution is -0.122. The molecule has 1 atom stereocenters. The first-order chi connectivity index (χ1) is 14.1. The zero-order valence-corrected chi connectivity index (χ0v) is 17.7. The molecule has 0 heterocycles. The number of nitrogens with one attached hydrogen (secondary N) is 1. The number of rotatable bonds is 8. The number of carbonyl (C=O) groups excluding carboxylic acids is 1. The lowest BCUT2D eigenvalue weighted by atomic mass is 9.87. The largest absolute Gasteiger partial charge is 0.496 e. The third-order valence-electron chi connectivity index (χ3n) is 5.53. The lowest BCUT2D eigenvalue weighted by Crippen LogP contribution is -2.37. The molecule has 1 aliphatic rings. The Morgan fingerprint density at radius 1 is 1.07 bits per heavy atom. The van der Waals surface area contributed by atoms with E-state index in [1.165, 1.54) is 11.1 Å². The summed E-state index contributed by atoms with van der Waals surface area (Å²) in [6.07, 6.45) is 3.34. The molecule has 0 saturated carbocycles. The van der Waals surface area contributed by atoms with Gasteiger partial charge in [0.15, 0.2) is 11.5 Å². The molecule has 0 radical (unpaired) electrons. The van der Waals surface area contributed by atoms with Gasteiger partial charge >= 0.3 is 0 Å². The number of aryl methyl sites for hydroxylation is 1. The molecule has 3 rings (SSSR count). The molecule has 0 saturated heterocycles. The van der Waals surface area contributed by atoms with Crippen LogP contribution in [0, 0.1) is 0 Å². The fraction of sp³-hybridized carbons (Fsp3) is 0.435. The second kappa shape index (κ2) is 9.65. The van der Waals surface area contributed by atoms with Gasteiger partial charge in [-0.05, 0) is 43.5 Å². The van der Waals surface area contributed by atoms with Gasteiger partial charge in [-0.15, -0.1) is 0 Å². The van der Waals surface area contributed by atoms with Crippen LogP contribution in [0.1, 0.15) is 35.6 Å². The molecule has 29 heavy (non-hydrogen) atoms. The number of carbonyl (C=O) groups is 1. The van der Waals surface area contributed by atoms with Crippen molar-refractivity contribution in [1.82, 2.24) is 10.2 Å². The second-order valence-electron chi connectivity index (χ2n) is 7.32. The van der Waals surface area contributed by atoms with Crippen LogP contribution in [-0.4, -0.2) is 45.7 Å². The Balaban J connectivity index is 1.63. The molecule has 1 N–H and O–H groups in total. The normalized spacial score (nSPS) is 15.6. The number of amides is 1. The summed E-state index contributed by atoms with van der Waals surface area (Å²) >= 11 is 0. The molecule has 1 unspecified atom stereocenters. The van der Waals surface area contributed by atoms with Gasteiger partial charge in [-0.25, -0.2) is 0 Å². The van der Waals surface area contributed by atoms with Gasteiger partial charge in [-0.1, -0.05) is 24.3 Å². The summed E-state index contributed by atoms with van der Waals surface area (Å²) in [5.41, 5.74) is 3.57. The highest BCUT2D eigenvalue weighted by Crippen LogP contribution is 2.35. The summed E-state index contributed by atoms with van der Waals surface area (Å²) < 4.78 is 16.1. The van der Waals surface area contributed by atoms with E-state index >= 15 is 0 Å². The molecule has 156 valence electrons. The van der Waals surface area contributed by atoms with Gasteiger partial charge in [0.05, 0.1) is 27.9 Å². The topological polar surface area (TPSA) is 60.0 Å². The van der Waals surface area contributed by atoms with E-state index in [1.807, 2.05) is 13.1 Å². The van der Waals surface area contributed by atoms with E-state index in [0.717, 1.165) is 24.8 Å². The third kappa shape index (κ3) is 4.82. The Kier molecular flexibility index (Phi) is 6.99. The molecule has 0 aliphatic heterocycles. The predicted octanol–water partition coefficient (Wildman–Crippen LogP) is 3.34. The van der Waals surface area contributed by atoms with E-state index in [1.54, 1.807) is 27.4 Å². The summed E-state index contributed by atoms with van der Waals surface area (Å²) in [6.45, 7) is 0.700. The molecule has 1 amide bonds. The maximum absolute atomic E-state index is 12.6. The summed E-state index contributed by atoms with van der Waals surface area (Å²) in [5, 5.41) is 3.00. The van der Waals surface area contributed by atoms with Crippen molar-refractivity contribution in [3.63, 3.8) is 0 Å². The number of fused-ring (bicyclic) bond motifs is 1. The highest BCUT2D eigenvalue weighted by molar-refractivity contribution is 5.78. The van der Waals surface area contributed by atoms with Gasteiger partial charge in [0.1, 0.15) is 5.75 Å². The van der Waals surface area contributed by atoms with Crippen molar-refractivity contribution in [3.8, 4) is 17.2 Å². The van der Waals surface area contributed by atoms with Crippen LogP contribution in [0.3, 0.4) is 0 Å². The van der Waals surface area contributed by atoms with Crippen LogP contribution in [0.5, 0.6) is 17.2 Å². The third-order valence-corrected chi connectivity index (χ3v) is 5.53. The molecule has 0 aromatic heterocycles. The predicted molar refractivity (Wildman–Crippen MR) is 113 cm³/mol. The molecule has 2 aromatic carbocycles. The minimum absolute atomic E-state index is 0.0209. The molecule has 6 nitrogen and oxygen atoms in total. The SMILES string of the molecule is COc1cc(OC)c(OC)cc1CNC(=O)CN(C)C1CCCc2ccccc21. The molecule has 0 fully saturated rings. The van der Waals surface area contributed by atoms with Gasteiger partial charge in [0, 0.05) is 24.2 Å². The van der Waals surface area contributed by atoms with Crippen molar-refractivity contribution in [2.45, 2.75) is 31.8 Å². The molecule has 1 aliphatic carbocycles. The van der Waals surface area contributed by atoms with Crippen molar-refractivity contribution in [2.75, 3.05) is 34.9 Å². The number of hydrogen-bond donors (Lipinski definition) is 1. The van der Waals surface area contributed by atoms with Crippen molar-refractivity contribution in [3.05, 3.63) is 53.1 Å². The van der Waals surface area contributed by atoms with Gasteiger partial charge in [0.2, 0.25) is 5.91 Å². The summed E-state index contributed by atoms with van der Waals surface area (Å²) in [6, 6.07) is 12.4. The minimum atomic E-state index is -0.0209. The van der Waals surface area contributed by atoms with E-state index in [2.05, 4.69) is 34.5 Å². The van der Waals surface area contributed by atoms with Crippen molar-refractivity contribution >= 4 is 5.91 Å². The molecule has 0 bridgehead atoms. The highest BCUT2D eigenvalue weighted by atomic mass is 16.5. The summed E-state index contributed by atoms with van der Waals surface area (Å²) in [4.78, 5) is 14.7. The number of methoxy groups -OCH3 is 3. The Bertz CT molecular complexity index is 853. The number of likely N-dealkylation sites (N-methyl/N-ethyl adjacent to an activating group) is 1. The van der Waals surface area contributed by atoms with Crippen LogP contribution in [0.4, 0.5) is 0 Å². The highest BCUT2D eigenvalue weighted by Gasteiger charge is 2.24. The van der Waals surface area contributed by atoms with Crippen molar-refractivity contribution in [2.24, 2.45) is 0 Å². The van der Waals surface area contributed by atoms with Crippen molar-refractivity contribution in [1.29, 1.82) is 0 Å². The van der Waals surface area contributed by atoms with Crippen LogP contribution in [0.15, 0.2) is 36.4 Å². The first-order valence-corrected chi connectivity index (χ1v) is 9.91. The monoisotopic (exact) mass is 398 g/mol. The standard InChI is InChI=1S/C23H30N2O4/c1-25(19-11-7-9-16-8-5-6-10-18(16)19)15-23(26)24-14-17-12-21(28-3)22(29-4)13-20(17)27-2/h5-6,8,10,12-13,19H,7,9,11,14-15H2,1-4H3,(H,24,26). The van der Waals surface area contributed by atoms with E-state index in [9.17, 15) is 4.79 Å². The fourth-order valence-corrected chi connectivity index (χ4v) is 4.00. The lowest BCUT2D eigenvalue weighted by Gasteiger charge is -2.32. The Hall–Kier alpha value is -2.73. The average molecular weight is 399 g/mol. The van der Waals surface area contributed by atoms with Crippen LogP contribution in [0.2, 0.25) is 0 Å². The first kappa shape index (κ1) is 21.0. The summed E-state index contributed by atoms with van der Waals surface area (Å²) in [7, 11) is 6.78. The maximum atomic E-state index is 12.6. The van der Waals surface area contributed by atoms with Crippen LogP contribution in [-0.2, 0) is 17.8 Å². The maximum Gasteiger partial charge on any atom is 0.234 e. The molecular formula is C23H30N2O4. The number of benzene rings is 2. The molecule has 2 aromatic rings. The zero-order valence-electron chi connectivity index (χ0n) is 17.7. The molecular weight excluding hydrogens is 368 g/mol. The van der Waals surface area contributed by atoms with E-state index < -0.39 is 0 Å². The summed E-state index contributed by atoms with van der Waals surface area (Å²) in [5.74, 6) is 1.83. The minimum Gasteiger partial charge on any atom is -0.496 e. The van der Waals surface area contributed by atoms with E-state index in [4.69, 9.17) is 14.2 Å². The molecule has 6 heteroatoms. The van der Waals surface area contributed by atoms with Gasteiger partial charge in [-0.2, -0.15) is 0 Å². The number of ether oxygens (including phenoxy) is 3. The quantitative estimate of drug-likeness (QED) is 0.739. The Morgan fingerprint density at radius 3 is 2.48 bits per heavy atom. The average Bonchev–Trinajstić information content (AvgIpc) is 2.76. The number of hydrogen-bond acceptors (Lipinski definition) is 5. The van der Waals surface area contributed by atoms with E-state index in [0.29, 0.717) is 30.3 Å². The second-order valence-corrected chi connectivity index (χ2v) is 7.32. The fourth-order valence-electron chi connectivity index (χ4n) is 4.00. The molecule has 0 spiro atoms. The van der Waals surface area contributed by atoms with Gasteiger partial charge in [-0.3, -0.25) is 9.69 Å². The van der Waals surface area contributed by atoms with Crippen LogP contribution in [0.25, 0.3) is 0 Å². The number of nitrogens with zero attached hydrogens (tertiary/aromatic N) is 1. The van der Waals surface area contributed by atoms with E-state index in [-0.39, 0.29) is 11.9 Å². The Morgan fingerprint density at radius 2 is 1.76 bits per heavy atom.